The lowest BCUT2D eigenvalue weighted by atomic mass is 10.2. The van der Waals surface area contributed by atoms with Gasteiger partial charge in [0.1, 0.15) is 12.4 Å². The first kappa shape index (κ1) is 19.8. The summed E-state index contributed by atoms with van der Waals surface area (Å²) in [7, 11) is 0. The Balaban J connectivity index is 2.22. The summed E-state index contributed by atoms with van der Waals surface area (Å²) in [6, 6.07) is 7.34. The van der Waals surface area contributed by atoms with E-state index in [-0.39, 0.29) is 18.0 Å². The molecule has 0 fully saturated rings. The summed E-state index contributed by atoms with van der Waals surface area (Å²) >= 11 is 0. The number of hydrogen-bond donors (Lipinski definition) is 2. The average molecular weight is 335 g/mol. The van der Waals surface area contributed by atoms with E-state index in [9.17, 15) is 9.59 Å². The van der Waals surface area contributed by atoms with Crippen molar-refractivity contribution in [2.24, 2.45) is 0 Å². The Morgan fingerprint density at radius 1 is 1.17 bits per heavy atom. The van der Waals surface area contributed by atoms with Gasteiger partial charge in [0.2, 0.25) is 5.91 Å². The Bertz CT molecular complexity index is 513. The number of nitrogens with zero attached hydrogens (tertiary/aromatic N) is 1. The lowest BCUT2D eigenvalue weighted by Crippen LogP contribution is -2.44. The average Bonchev–Trinajstić information content (AvgIpc) is 2.55. The topological polar surface area (TPSA) is 70.7 Å². The molecule has 0 aliphatic rings. The number of rotatable bonds is 9. The van der Waals surface area contributed by atoms with Crippen molar-refractivity contribution >= 4 is 11.9 Å². The quantitative estimate of drug-likeness (QED) is 0.727. The van der Waals surface area contributed by atoms with Gasteiger partial charge in [-0.2, -0.15) is 0 Å². The summed E-state index contributed by atoms with van der Waals surface area (Å²) < 4.78 is 5.62. The van der Waals surface area contributed by atoms with Gasteiger partial charge < -0.3 is 20.3 Å². The highest BCUT2D eigenvalue weighted by Crippen LogP contribution is 2.11. The van der Waals surface area contributed by atoms with Crippen LogP contribution in [0.15, 0.2) is 24.3 Å². The van der Waals surface area contributed by atoms with Crippen LogP contribution in [0.4, 0.5) is 4.79 Å². The zero-order chi connectivity index (χ0) is 17.9. The molecular weight excluding hydrogens is 306 g/mol. The normalized spacial score (nSPS) is 11.5. The highest BCUT2D eigenvalue weighted by Gasteiger charge is 2.11. The molecular formula is C18H29N3O3. The first-order chi connectivity index (χ1) is 11.5. The summed E-state index contributed by atoms with van der Waals surface area (Å²) in [5.74, 6) is 0.829. The van der Waals surface area contributed by atoms with E-state index in [1.165, 1.54) is 5.56 Å². The zero-order valence-corrected chi connectivity index (χ0v) is 15.1. The Morgan fingerprint density at radius 2 is 1.79 bits per heavy atom. The Kier molecular flexibility index (Phi) is 8.68. The summed E-state index contributed by atoms with van der Waals surface area (Å²) in [4.78, 5) is 25.4. The van der Waals surface area contributed by atoms with E-state index >= 15 is 0 Å². The van der Waals surface area contributed by atoms with Gasteiger partial charge in [-0.1, -0.05) is 17.7 Å². The van der Waals surface area contributed by atoms with E-state index in [0.717, 1.165) is 5.75 Å². The van der Waals surface area contributed by atoms with E-state index in [2.05, 4.69) is 10.6 Å². The van der Waals surface area contributed by atoms with Crippen LogP contribution in [0.25, 0.3) is 0 Å². The minimum absolute atomic E-state index is 0.0519. The molecule has 1 aromatic carbocycles. The van der Waals surface area contributed by atoms with E-state index in [0.29, 0.717) is 32.7 Å². The number of carbonyl (C=O) groups excluding carboxylic acids is 2. The SMILES string of the molecule is CCN(CC)C(=O)CCNC(=O)NC(C)COc1ccc(C)cc1. The fourth-order valence-electron chi connectivity index (χ4n) is 2.19. The van der Waals surface area contributed by atoms with Gasteiger partial charge in [-0.15, -0.1) is 0 Å². The number of benzene rings is 1. The molecule has 0 aliphatic heterocycles. The number of hydrogen-bond acceptors (Lipinski definition) is 3. The molecule has 134 valence electrons. The maximum absolute atomic E-state index is 11.8. The van der Waals surface area contributed by atoms with Crippen LogP contribution < -0.4 is 15.4 Å². The summed E-state index contributed by atoms with van der Waals surface area (Å²) in [6.07, 6.45) is 0.309. The van der Waals surface area contributed by atoms with E-state index < -0.39 is 0 Å². The standard InChI is InChI=1S/C18H29N3O3/c1-5-21(6-2)17(22)11-12-19-18(23)20-15(4)13-24-16-9-7-14(3)8-10-16/h7-10,15H,5-6,11-13H2,1-4H3,(H2,19,20,23). The molecule has 1 rings (SSSR count). The fourth-order valence-corrected chi connectivity index (χ4v) is 2.19. The molecule has 0 bridgehead atoms. The number of amides is 3. The lowest BCUT2D eigenvalue weighted by molar-refractivity contribution is -0.130. The van der Waals surface area contributed by atoms with Crippen molar-refractivity contribution in [1.29, 1.82) is 0 Å². The van der Waals surface area contributed by atoms with Crippen LogP contribution in [0.5, 0.6) is 5.75 Å². The molecule has 0 aliphatic carbocycles. The molecule has 2 N–H and O–H groups in total. The summed E-state index contributed by atoms with van der Waals surface area (Å²) in [5.41, 5.74) is 1.17. The molecule has 1 unspecified atom stereocenters. The number of aryl methyl sites for hydroxylation is 1. The first-order valence-electron chi connectivity index (χ1n) is 8.47. The van der Waals surface area contributed by atoms with Gasteiger partial charge in [0, 0.05) is 26.1 Å². The molecule has 0 spiro atoms. The number of ether oxygens (including phenoxy) is 1. The van der Waals surface area contributed by atoms with Gasteiger partial charge in [0.05, 0.1) is 6.04 Å². The molecule has 3 amide bonds. The molecule has 6 heteroatoms. The molecule has 0 heterocycles. The lowest BCUT2D eigenvalue weighted by Gasteiger charge is -2.19. The van der Waals surface area contributed by atoms with Gasteiger partial charge in [0.15, 0.2) is 0 Å². The Hall–Kier alpha value is -2.24. The highest BCUT2D eigenvalue weighted by molar-refractivity contribution is 5.78. The highest BCUT2D eigenvalue weighted by atomic mass is 16.5. The summed E-state index contributed by atoms with van der Waals surface area (Å²) in [6.45, 7) is 9.86. The van der Waals surface area contributed by atoms with Gasteiger partial charge in [-0.3, -0.25) is 4.79 Å². The van der Waals surface area contributed by atoms with Crippen molar-refractivity contribution in [3.63, 3.8) is 0 Å². The van der Waals surface area contributed by atoms with Gasteiger partial charge in [0.25, 0.3) is 0 Å². The monoisotopic (exact) mass is 335 g/mol. The van der Waals surface area contributed by atoms with Crippen molar-refractivity contribution in [3.8, 4) is 5.75 Å². The van der Waals surface area contributed by atoms with Crippen molar-refractivity contribution in [2.75, 3.05) is 26.2 Å². The maximum Gasteiger partial charge on any atom is 0.315 e. The van der Waals surface area contributed by atoms with Crippen LogP contribution in [-0.2, 0) is 4.79 Å². The number of nitrogens with one attached hydrogen (secondary N) is 2. The third kappa shape index (κ3) is 7.35. The summed E-state index contributed by atoms with van der Waals surface area (Å²) in [5, 5.41) is 5.49. The van der Waals surface area contributed by atoms with Gasteiger partial charge in [-0.05, 0) is 39.8 Å². The van der Waals surface area contributed by atoms with Crippen LogP contribution in [0, 0.1) is 6.92 Å². The number of carbonyl (C=O) groups is 2. The largest absolute Gasteiger partial charge is 0.491 e. The molecule has 1 aromatic rings. The Labute approximate surface area is 144 Å². The van der Waals surface area contributed by atoms with E-state index in [1.807, 2.05) is 52.0 Å². The van der Waals surface area contributed by atoms with Crippen LogP contribution in [-0.4, -0.2) is 49.1 Å². The fraction of sp³-hybridized carbons (Fsp3) is 0.556. The molecule has 6 nitrogen and oxygen atoms in total. The second-order valence-electron chi connectivity index (χ2n) is 5.74. The second-order valence-corrected chi connectivity index (χ2v) is 5.74. The molecule has 0 radical (unpaired) electrons. The third-order valence-corrected chi connectivity index (χ3v) is 3.64. The predicted octanol–water partition coefficient (Wildman–Crippen LogP) is 2.32. The van der Waals surface area contributed by atoms with Crippen molar-refractivity contribution in [3.05, 3.63) is 29.8 Å². The number of urea groups is 1. The maximum atomic E-state index is 11.8. The smallest absolute Gasteiger partial charge is 0.315 e. The van der Waals surface area contributed by atoms with Crippen LogP contribution >= 0.6 is 0 Å². The van der Waals surface area contributed by atoms with Crippen molar-refractivity contribution < 1.29 is 14.3 Å². The van der Waals surface area contributed by atoms with Crippen LogP contribution in [0.3, 0.4) is 0 Å². The van der Waals surface area contributed by atoms with Crippen molar-refractivity contribution in [1.82, 2.24) is 15.5 Å². The second kappa shape index (κ2) is 10.5. The molecule has 1 atom stereocenters. The molecule has 0 aromatic heterocycles. The van der Waals surface area contributed by atoms with Gasteiger partial charge in [-0.25, -0.2) is 4.79 Å². The van der Waals surface area contributed by atoms with Crippen LogP contribution in [0.1, 0.15) is 32.8 Å². The van der Waals surface area contributed by atoms with Crippen molar-refractivity contribution in [2.45, 2.75) is 40.2 Å². The first-order valence-corrected chi connectivity index (χ1v) is 8.47. The van der Waals surface area contributed by atoms with Gasteiger partial charge >= 0.3 is 6.03 Å². The molecule has 0 saturated carbocycles. The minimum atomic E-state index is -0.289. The van der Waals surface area contributed by atoms with E-state index in [1.54, 1.807) is 4.90 Å². The van der Waals surface area contributed by atoms with E-state index in [4.69, 9.17) is 4.74 Å². The molecule has 24 heavy (non-hydrogen) atoms. The Morgan fingerprint density at radius 3 is 2.38 bits per heavy atom. The minimum Gasteiger partial charge on any atom is -0.491 e. The van der Waals surface area contributed by atoms with Crippen LogP contribution in [0.2, 0.25) is 0 Å². The molecule has 0 saturated heterocycles. The third-order valence-electron chi connectivity index (χ3n) is 3.64. The zero-order valence-electron chi connectivity index (χ0n) is 15.1. The predicted molar refractivity (Wildman–Crippen MR) is 95.2 cm³/mol.